The number of nitrogens with zero attached hydrogens (tertiary/aromatic N) is 1. The molecule has 5 nitrogen and oxygen atoms in total. The number of rotatable bonds is 3. The number of fused-ring (bicyclic) bond motifs is 1. The maximum Gasteiger partial charge on any atom is 0.322 e. The fourth-order valence-corrected chi connectivity index (χ4v) is 2.57. The molecule has 0 saturated heterocycles. The summed E-state index contributed by atoms with van der Waals surface area (Å²) in [4.78, 5) is 25.5. The predicted octanol–water partition coefficient (Wildman–Crippen LogP) is 3.58. The van der Waals surface area contributed by atoms with Gasteiger partial charge in [-0.25, -0.2) is 4.79 Å². The normalized spacial score (nSPS) is 12.7. The van der Waals surface area contributed by atoms with Crippen molar-refractivity contribution < 1.29 is 9.59 Å². The van der Waals surface area contributed by atoms with Crippen molar-refractivity contribution in [2.24, 2.45) is 0 Å². The summed E-state index contributed by atoms with van der Waals surface area (Å²) in [7, 11) is 0. The molecule has 0 atom stereocenters. The second-order valence-electron chi connectivity index (χ2n) is 5.53. The zero-order valence-corrected chi connectivity index (χ0v) is 13.0. The SMILES string of the molecule is CCC(=O)Nc1ccc(NC(=O)N2Cc3ccccc3C2)cc1. The second-order valence-corrected chi connectivity index (χ2v) is 5.53. The van der Waals surface area contributed by atoms with E-state index < -0.39 is 0 Å². The van der Waals surface area contributed by atoms with Crippen LogP contribution in [0.1, 0.15) is 24.5 Å². The van der Waals surface area contributed by atoms with Crippen molar-refractivity contribution in [1.82, 2.24) is 4.90 Å². The van der Waals surface area contributed by atoms with Gasteiger partial charge in [0.05, 0.1) is 0 Å². The minimum absolute atomic E-state index is 0.0309. The lowest BCUT2D eigenvalue weighted by atomic mass is 10.1. The molecule has 0 bridgehead atoms. The van der Waals surface area contributed by atoms with Crippen LogP contribution in [0.3, 0.4) is 0 Å². The van der Waals surface area contributed by atoms with Crippen molar-refractivity contribution >= 4 is 23.3 Å². The van der Waals surface area contributed by atoms with Gasteiger partial charge in [-0.3, -0.25) is 4.79 Å². The number of hydrogen-bond acceptors (Lipinski definition) is 2. The Morgan fingerprint density at radius 3 is 1.96 bits per heavy atom. The molecule has 118 valence electrons. The largest absolute Gasteiger partial charge is 0.326 e. The van der Waals surface area contributed by atoms with Gasteiger partial charge in [-0.05, 0) is 35.4 Å². The van der Waals surface area contributed by atoms with Gasteiger partial charge in [-0.15, -0.1) is 0 Å². The van der Waals surface area contributed by atoms with E-state index >= 15 is 0 Å². The van der Waals surface area contributed by atoms with Crippen LogP contribution in [-0.2, 0) is 17.9 Å². The molecule has 1 aliphatic heterocycles. The standard InChI is InChI=1S/C18H19N3O2/c1-2-17(22)19-15-7-9-16(10-8-15)20-18(23)21-11-13-5-3-4-6-14(13)12-21/h3-10H,2,11-12H2,1H3,(H,19,22)(H,20,23). The summed E-state index contributed by atoms with van der Waals surface area (Å²) in [6, 6.07) is 15.1. The molecule has 2 aromatic carbocycles. The molecule has 0 aromatic heterocycles. The Balaban J connectivity index is 1.60. The lowest BCUT2D eigenvalue weighted by Gasteiger charge is -2.16. The monoisotopic (exact) mass is 309 g/mol. The van der Waals surface area contributed by atoms with Crippen LogP contribution in [0.15, 0.2) is 48.5 Å². The van der Waals surface area contributed by atoms with Crippen LogP contribution in [0.5, 0.6) is 0 Å². The van der Waals surface area contributed by atoms with Crippen molar-refractivity contribution in [3.63, 3.8) is 0 Å². The zero-order valence-electron chi connectivity index (χ0n) is 13.0. The molecule has 2 aromatic rings. The van der Waals surface area contributed by atoms with Gasteiger partial charge in [0, 0.05) is 30.9 Å². The number of anilines is 2. The summed E-state index contributed by atoms with van der Waals surface area (Å²) < 4.78 is 0. The highest BCUT2D eigenvalue weighted by molar-refractivity contribution is 5.92. The predicted molar refractivity (Wildman–Crippen MR) is 90.1 cm³/mol. The van der Waals surface area contributed by atoms with Gasteiger partial charge in [0.25, 0.3) is 0 Å². The summed E-state index contributed by atoms with van der Waals surface area (Å²) in [5, 5.41) is 5.66. The zero-order chi connectivity index (χ0) is 16.2. The molecule has 2 N–H and O–H groups in total. The first-order valence-corrected chi connectivity index (χ1v) is 7.68. The molecular formula is C18H19N3O2. The highest BCUT2D eigenvalue weighted by Crippen LogP contribution is 2.23. The average Bonchev–Trinajstić information content (AvgIpc) is 3.00. The van der Waals surface area contributed by atoms with Crippen LogP contribution in [0, 0.1) is 0 Å². The molecule has 0 saturated carbocycles. The average molecular weight is 309 g/mol. The second kappa shape index (κ2) is 6.52. The van der Waals surface area contributed by atoms with Gasteiger partial charge in [0.15, 0.2) is 0 Å². The lowest BCUT2D eigenvalue weighted by Crippen LogP contribution is -2.30. The van der Waals surface area contributed by atoms with Gasteiger partial charge in [0.1, 0.15) is 0 Å². The number of amides is 3. The summed E-state index contributed by atoms with van der Waals surface area (Å²) in [5.74, 6) is -0.0309. The van der Waals surface area contributed by atoms with Crippen LogP contribution < -0.4 is 10.6 Å². The molecule has 0 radical (unpaired) electrons. The van der Waals surface area contributed by atoms with E-state index in [9.17, 15) is 9.59 Å². The van der Waals surface area contributed by atoms with E-state index in [2.05, 4.69) is 10.6 Å². The summed E-state index contributed by atoms with van der Waals surface area (Å²) in [6.07, 6.45) is 0.438. The molecule has 0 fully saturated rings. The summed E-state index contributed by atoms with van der Waals surface area (Å²) >= 11 is 0. The quantitative estimate of drug-likeness (QED) is 0.910. The maximum atomic E-state index is 12.3. The molecule has 1 aliphatic rings. The number of benzene rings is 2. The summed E-state index contributed by atoms with van der Waals surface area (Å²) in [5.41, 5.74) is 3.82. The minimum Gasteiger partial charge on any atom is -0.326 e. The Hall–Kier alpha value is -2.82. The van der Waals surface area contributed by atoms with Gasteiger partial charge in [0.2, 0.25) is 5.91 Å². The minimum atomic E-state index is -0.119. The molecule has 3 amide bonds. The third-order valence-corrected chi connectivity index (χ3v) is 3.87. The molecule has 1 heterocycles. The molecular weight excluding hydrogens is 290 g/mol. The number of urea groups is 1. The Kier molecular flexibility index (Phi) is 4.28. The molecule has 0 aliphatic carbocycles. The molecule has 5 heteroatoms. The van der Waals surface area contributed by atoms with Crippen molar-refractivity contribution in [3.8, 4) is 0 Å². The van der Waals surface area contributed by atoms with Crippen LogP contribution in [-0.4, -0.2) is 16.8 Å². The van der Waals surface area contributed by atoms with Gasteiger partial charge in [-0.2, -0.15) is 0 Å². The molecule has 23 heavy (non-hydrogen) atoms. The molecule has 0 spiro atoms. The van der Waals surface area contributed by atoms with E-state index in [0.29, 0.717) is 25.2 Å². The van der Waals surface area contributed by atoms with E-state index in [0.717, 1.165) is 5.69 Å². The number of hydrogen-bond donors (Lipinski definition) is 2. The first kappa shape index (κ1) is 15.1. The Morgan fingerprint density at radius 2 is 1.43 bits per heavy atom. The number of carbonyl (C=O) groups is 2. The van der Waals surface area contributed by atoms with Crippen LogP contribution in [0.25, 0.3) is 0 Å². The first-order chi connectivity index (χ1) is 11.2. The molecule has 3 rings (SSSR count). The highest BCUT2D eigenvalue weighted by Gasteiger charge is 2.22. The maximum absolute atomic E-state index is 12.3. The van der Waals surface area contributed by atoms with Crippen molar-refractivity contribution in [3.05, 3.63) is 59.7 Å². The topological polar surface area (TPSA) is 61.4 Å². The van der Waals surface area contributed by atoms with Crippen molar-refractivity contribution in [1.29, 1.82) is 0 Å². The molecule has 0 unspecified atom stereocenters. The van der Waals surface area contributed by atoms with Crippen molar-refractivity contribution in [2.75, 3.05) is 10.6 Å². The smallest absolute Gasteiger partial charge is 0.322 e. The third-order valence-electron chi connectivity index (χ3n) is 3.87. The van der Waals surface area contributed by atoms with E-state index in [4.69, 9.17) is 0 Å². The van der Waals surface area contributed by atoms with Crippen LogP contribution in [0.4, 0.5) is 16.2 Å². The third kappa shape index (κ3) is 3.51. The summed E-state index contributed by atoms with van der Waals surface area (Å²) in [6.45, 7) is 3.07. The Morgan fingerprint density at radius 1 is 0.913 bits per heavy atom. The number of carbonyl (C=O) groups excluding carboxylic acids is 2. The van der Waals surface area contributed by atoms with E-state index in [1.54, 1.807) is 36.1 Å². The fourth-order valence-electron chi connectivity index (χ4n) is 2.57. The van der Waals surface area contributed by atoms with Gasteiger partial charge in [-0.1, -0.05) is 31.2 Å². The fraction of sp³-hybridized carbons (Fsp3) is 0.222. The van der Waals surface area contributed by atoms with Crippen molar-refractivity contribution in [2.45, 2.75) is 26.4 Å². The van der Waals surface area contributed by atoms with E-state index in [-0.39, 0.29) is 11.9 Å². The van der Waals surface area contributed by atoms with Crippen LogP contribution in [0.2, 0.25) is 0 Å². The lowest BCUT2D eigenvalue weighted by molar-refractivity contribution is -0.115. The van der Waals surface area contributed by atoms with E-state index in [1.807, 2.05) is 24.3 Å². The number of nitrogens with one attached hydrogen (secondary N) is 2. The van der Waals surface area contributed by atoms with E-state index in [1.165, 1.54) is 11.1 Å². The Labute approximate surface area is 135 Å². The highest BCUT2D eigenvalue weighted by atomic mass is 16.2. The first-order valence-electron chi connectivity index (χ1n) is 7.68. The Bertz CT molecular complexity index is 700. The van der Waals surface area contributed by atoms with Gasteiger partial charge < -0.3 is 15.5 Å². The van der Waals surface area contributed by atoms with Crippen LogP contribution >= 0.6 is 0 Å². The van der Waals surface area contributed by atoms with Gasteiger partial charge >= 0.3 is 6.03 Å².